The van der Waals surface area contributed by atoms with Gasteiger partial charge in [-0.2, -0.15) is 15.0 Å². The van der Waals surface area contributed by atoms with Crippen molar-refractivity contribution in [1.29, 1.82) is 0 Å². The van der Waals surface area contributed by atoms with E-state index in [9.17, 15) is 0 Å². The second-order valence-electron chi connectivity index (χ2n) is 4.50. The van der Waals surface area contributed by atoms with E-state index in [0.29, 0.717) is 19.2 Å². The molecule has 0 spiro atoms. The van der Waals surface area contributed by atoms with Gasteiger partial charge in [0.15, 0.2) is 0 Å². The quantitative estimate of drug-likeness (QED) is 0.822. The predicted octanol–water partition coefficient (Wildman–Crippen LogP) is 2.15. The number of ether oxygens (including phenoxy) is 2. The van der Waals surface area contributed by atoms with Gasteiger partial charge < -0.3 is 14.8 Å². The van der Waals surface area contributed by atoms with Gasteiger partial charge in [-0.05, 0) is 31.9 Å². The lowest BCUT2D eigenvalue weighted by Gasteiger charge is -2.25. The van der Waals surface area contributed by atoms with Gasteiger partial charge in [0, 0.05) is 7.11 Å². The average Bonchev–Trinajstić information content (AvgIpc) is 2.24. The number of aromatic nitrogens is 3. The number of hydrogen-bond acceptors (Lipinski definition) is 6. The molecule has 7 heteroatoms. The van der Waals surface area contributed by atoms with Crippen molar-refractivity contribution in [2.75, 3.05) is 25.6 Å². The minimum absolute atomic E-state index is 0.104. The van der Waals surface area contributed by atoms with Crippen LogP contribution in [-0.2, 0) is 4.74 Å². The van der Waals surface area contributed by atoms with Crippen LogP contribution in [0.3, 0.4) is 0 Å². The van der Waals surface area contributed by atoms with Crippen molar-refractivity contribution in [3.63, 3.8) is 0 Å². The second kappa shape index (κ2) is 6.70. The van der Waals surface area contributed by atoms with E-state index in [1.165, 1.54) is 0 Å². The van der Waals surface area contributed by atoms with Crippen LogP contribution >= 0.6 is 11.6 Å². The van der Waals surface area contributed by atoms with Crippen LogP contribution in [0.15, 0.2) is 0 Å². The summed E-state index contributed by atoms with van der Waals surface area (Å²) in [6.45, 7) is 7.01. The normalized spacial score (nSPS) is 11.4. The monoisotopic (exact) mass is 274 g/mol. The SMILES string of the molecule is CCCOc1nc(Cl)nc(NC(C)(C)COC)n1. The molecule has 0 aromatic carbocycles. The van der Waals surface area contributed by atoms with Crippen LogP contribution in [0.25, 0.3) is 0 Å². The highest BCUT2D eigenvalue weighted by molar-refractivity contribution is 6.28. The van der Waals surface area contributed by atoms with E-state index in [2.05, 4.69) is 20.3 Å². The van der Waals surface area contributed by atoms with E-state index in [1.54, 1.807) is 7.11 Å². The van der Waals surface area contributed by atoms with Crippen molar-refractivity contribution >= 4 is 17.5 Å². The Labute approximate surface area is 112 Å². The molecule has 1 aromatic heterocycles. The molecule has 0 aliphatic heterocycles. The number of methoxy groups -OCH3 is 1. The first-order valence-electron chi connectivity index (χ1n) is 5.78. The van der Waals surface area contributed by atoms with Crippen molar-refractivity contribution in [2.45, 2.75) is 32.7 Å². The fourth-order valence-electron chi connectivity index (χ4n) is 1.35. The van der Waals surface area contributed by atoms with E-state index in [-0.39, 0.29) is 16.8 Å². The van der Waals surface area contributed by atoms with Crippen molar-refractivity contribution in [2.24, 2.45) is 0 Å². The Morgan fingerprint density at radius 2 is 2.00 bits per heavy atom. The Bertz CT molecular complexity index is 387. The Kier molecular flexibility index (Phi) is 5.55. The lowest BCUT2D eigenvalue weighted by Crippen LogP contribution is -2.36. The van der Waals surface area contributed by atoms with E-state index >= 15 is 0 Å². The van der Waals surface area contributed by atoms with Gasteiger partial charge in [-0.1, -0.05) is 6.92 Å². The molecule has 0 radical (unpaired) electrons. The maximum absolute atomic E-state index is 5.82. The van der Waals surface area contributed by atoms with Crippen molar-refractivity contribution < 1.29 is 9.47 Å². The van der Waals surface area contributed by atoms with E-state index in [0.717, 1.165) is 6.42 Å². The fourth-order valence-corrected chi connectivity index (χ4v) is 1.50. The van der Waals surface area contributed by atoms with Gasteiger partial charge in [-0.25, -0.2) is 0 Å². The molecule has 0 saturated carbocycles. The number of rotatable bonds is 7. The van der Waals surface area contributed by atoms with Gasteiger partial charge in [0.1, 0.15) is 0 Å². The third-order valence-electron chi connectivity index (χ3n) is 1.98. The molecule has 18 heavy (non-hydrogen) atoms. The molecule has 0 fully saturated rings. The number of anilines is 1. The largest absolute Gasteiger partial charge is 0.463 e. The zero-order valence-electron chi connectivity index (χ0n) is 11.2. The first-order valence-corrected chi connectivity index (χ1v) is 6.16. The molecule has 0 atom stereocenters. The Balaban J connectivity index is 2.79. The molecule has 0 aliphatic rings. The number of hydrogen-bond donors (Lipinski definition) is 1. The number of nitrogens with zero attached hydrogens (tertiary/aromatic N) is 3. The van der Waals surface area contributed by atoms with Gasteiger partial charge in [0.05, 0.1) is 18.8 Å². The molecule has 1 heterocycles. The first kappa shape index (κ1) is 14.9. The van der Waals surface area contributed by atoms with Crippen molar-refractivity contribution in [3.8, 4) is 6.01 Å². The van der Waals surface area contributed by atoms with Gasteiger partial charge >= 0.3 is 6.01 Å². The van der Waals surface area contributed by atoms with Gasteiger partial charge in [0.2, 0.25) is 11.2 Å². The standard InChI is InChI=1S/C11H19ClN4O2/c1-5-6-18-10-14-8(12)13-9(15-10)16-11(2,3)7-17-4/h5-7H2,1-4H3,(H,13,14,15,16). The van der Waals surface area contributed by atoms with Crippen LogP contribution < -0.4 is 10.1 Å². The zero-order chi connectivity index (χ0) is 13.6. The fraction of sp³-hybridized carbons (Fsp3) is 0.727. The average molecular weight is 275 g/mol. The number of nitrogens with one attached hydrogen (secondary N) is 1. The molecule has 1 aromatic rings. The molecule has 1 rings (SSSR count). The summed E-state index contributed by atoms with van der Waals surface area (Å²) in [5.74, 6) is 0.378. The molecule has 1 N–H and O–H groups in total. The van der Waals surface area contributed by atoms with Crippen LogP contribution in [0.4, 0.5) is 5.95 Å². The number of halogens is 1. The third-order valence-corrected chi connectivity index (χ3v) is 2.15. The Morgan fingerprint density at radius 1 is 1.28 bits per heavy atom. The van der Waals surface area contributed by atoms with Crippen LogP contribution in [0.5, 0.6) is 6.01 Å². The van der Waals surface area contributed by atoms with Crippen molar-refractivity contribution in [1.82, 2.24) is 15.0 Å². The maximum atomic E-state index is 5.82. The first-order chi connectivity index (χ1) is 8.46. The third kappa shape index (κ3) is 5.01. The molecule has 0 amide bonds. The van der Waals surface area contributed by atoms with Crippen LogP contribution in [0.2, 0.25) is 5.28 Å². The Morgan fingerprint density at radius 3 is 2.61 bits per heavy atom. The van der Waals surface area contributed by atoms with Gasteiger partial charge in [-0.15, -0.1) is 0 Å². The molecule has 0 saturated heterocycles. The second-order valence-corrected chi connectivity index (χ2v) is 4.84. The molecule has 0 unspecified atom stereocenters. The van der Waals surface area contributed by atoms with Crippen LogP contribution in [0, 0.1) is 0 Å². The maximum Gasteiger partial charge on any atom is 0.322 e. The van der Waals surface area contributed by atoms with Gasteiger partial charge in [-0.3, -0.25) is 0 Å². The Hall–Kier alpha value is -1.14. The molecule has 0 bridgehead atoms. The van der Waals surface area contributed by atoms with Crippen molar-refractivity contribution in [3.05, 3.63) is 5.28 Å². The summed E-state index contributed by atoms with van der Waals surface area (Å²) in [5, 5.41) is 3.23. The van der Waals surface area contributed by atoms with Crippen LogP contribution in [0.1, 0.15) is 27.2 Å². The molecule has 6 nitrogen and oxygen atoms in total. The molecular formula is C11H19ClN4O2. The lowest BCUT2D eigenvalue weighted by molar-refractivity contribution is 0.157. The zero-order valence-corrected chi connectivity index (χ0v) is 11.9. The summed E-state index contributed by atoms with van der Waals surface area (Å²) in [6.07, 6.45) is 0.876. The topological polar surface area (TPSA) is 69.2 Å². The summed E-state index contributed by atoms with van der Waals surface area (Å²) in [7, 11) is 1.64. The van der Waals surface area contributed by atoms with Gasteiger partial charge in [0.25, 0.3) is 0 Å². The van der Waals surface area contributed by atoms with E-state index < -0.39 is 0 Å². The molecule has 102 valence electrons. The highest BCUT2D eigenvalue weighted by Crippen LogP contribution is 2.16. The summed E-state index contributed by atoms with van der Waals surface area (Å²) in [5.41, 5.74) is -0.304. The predicted molar refractivity (Wildman–Crippen MR) is 70.2 cm³/mol. The minimum atomic E-state index is -0.304. The summed E-state index contributed by atoms with van der Waals surface area (Å²) < 4.78 is 10.4. The molecule has 0 aliphatic carbocycles. The highest BCUT2D eigenvalue weighted by Gasteiger charge is 2.19. The summed E-state index contributed by atoms with van der Waals surface area (Å²) >= 11 is 5.82. The smallest absolute Gasteiger partial charge is 0.322 e. The van der Waals surface area contributed by atoms with E-state index in [4.69, 9.17) is 21.1 Å². The highest BCUT2D eigenvalue weighted by atomic mass is 35.5. The lowest BCUT2D eigenvalue weighted by atomic mass is 10.1. The minimum Gasteiger partial charge on any atom is -0.463 e. The summed E-state index contributed by atoms with van der Waals surface area (Å²) in [6, 6.07) is 0.229. The summed E-state index contributed by atoms with van der Waals surface area (Å²) in [4.78, 5) is 12.0. The van der Waals surface area contributed by atoms with Crippen LogP contribution in [-0.4, -0.2) is 40.8 Å². The van der Waals surface area contributed by atoms with E-state index in [1.807, 2.05) is 20.8 Å². The molecular weight excluding hydrogens is 256 g/mol.